The number of methoxy groups -OCH3 is 1. The van der Waals surface area contributed by atoms with E-state index in [0.717, 1.165) is 5.56 Å². The number of ether oxygens (including phenoxy) is 1. The van der Waals surface area contributed by atoms with Crippen molar-refractivity contribution in [3.8, 4) is 0 Å². The lowest BCUT2D eigenvalue weighted by Crippen LogP contribution is -2.18. The minimum Gasteiger partial charge on any atom is -0.469 e. The summed E-state index contributed by atoms with van der Waals surface area (Å²) in [6.45, 7) is 7.70. The van der Waals surface area contributed by atoms with Crippen molar-refractivity contribution in [2.75, 3.05) is 33.5 Å². The zero-order valence-electron chi connectivity index (χ0n) is 17.8. The zero-order chi connectivity index (χ0) is 21.9. The van der Waals surface area contributed by atoms with Crippen molar-refractivity contribution in [2.24, 2.45) is 0 Å². The molecule has 1 aromatic carbocycles. The largest absolute Gasteiger partial charge is 0.469 e. The Kier molecular flexibility index (Phi) is 11.3. The summed E-state index contributed by atoms with van der Waals surface area (Å²) in [6.07, 6.45) is 0.511. The molecule has 0 bridgehead atoms. The topological polar surface area (TPSA) is 97.4 Å². The summed E-state index contributed by atoms with van der Waals surface area (Å²) >= 11 is 0. The van der Waals surface area contributed by atoms with Crippen molar-refractivity contribution >= 4 is 26.5 Å². The van der Waals surface area contributed by atoms with Gasteiger partial charge in [0.1, 0.15) is 0 Å². The summed E-state index contributed by atoms with van der Waals surface area (Å²) in [7, 11) is -5.77. The summed E-state index contributed by atoms with van der Waals surface area (Å²) in [6, 6.07) is 5.16. The molecule has 0 radical (unpaired) electrons. The highest BCUT2D eigenvalue weighted by Gasteiger charge is 2.34. The van der Waals surface area contributed by atoms with Gasteiger partial charge in [-0.2, -0.15) is 0 Å². The molecule has 0 heterocycles. The Morgan fingerprint density at radius 1 is 0.897 bits per heavy atom. The Bertz CT molecular complexity index is 730. The number of hydrogen-bond donors (Lipinski definition) is 0. The second-order valence-electron chi connectivity index (χ2n) is 5.98. The molecule has 0 spiro atoms. The van der Waals surface area contributed by atoms with E-state index in [-0.39, 0.29) is 45.0 Å². The number of aryl methyl sites for hydroxylation is 1. The van der Waals surface area contributed by atoms with Crippen LogP contribution in [0.2, 0.25) is 0 Å². The predicted octanol–water partition coefficient (Wildman–Crippen LogP) is 4.45. The van der Waals surface area contributed by atoms with Gasteiger partial charge in [0.05, 0.1) is 45.0 Å². The quantitative estimate of drug-likeness (QED) is 0.303. The predicted molar refractivity (Wildman–Crippen MR) is 112 cm³/mol. The fourth-order valence-corrected chi connectivity index (χ4v) is 6.47. The second kappa shape index (κ2) is 12.6. The molecule has 10 heteroatoms. The molecule has 166 valence electrons. The standard InChI is InChI=1S/C19H32O8P2/c1-6-24-28(21,25-7-2)15-17-12-10-16(11-13-19(20)23-5)14-18(17)29(22,26-8-3)27-9-4/h10,12,14H,6-9,11,13,15H2,1-5H3. The molecule has 1 rings (SSSR count). The van der Waals surface area contributed by atoms with E-state index in [1.807, 2.05) is 0 Å². The number of esters is 1. The number of carbonyl (C=O) groups is 1. The Morgan fingerprint density at radius 3 is 1.93 bits per heavy atom. The van der Waals surface area contributed by atoms with E-state index in [1.165, 1.54) is 7.11 Å². The molecule has 0 aliphatic rings. The van der Waals surface area contributed by atoms with Crippen LogP contribution < -0.4 is 5.30 Å². The molecule has 29 heavy (non-hydrogen) atoms. The van der Waals surface area contributed by atoms with E-state index in [4.69, 9.17) is 18.1 Å². The first-order valence-electron chi connectivity index (χ1n) is 9.73. The first-order valence-corrected chi connectivity index (χ1v) is 13.0. The summed E-state index contributed by atoms with van der Waals surface area (Å²) in [5, 5.41) is 0.309. The van der Waals surface area contributed by atoms with Crippen molar-refractivity contribution in [3.05, 3.63) is 29.3 Å². The summed E-state index contributed by atoms with van der Waals surface area (Å²) in [5.74, 6) is -0.342. The highest BCUT2D eigenvalue weighted by Crippen LogP contribution is 2.54. The lowest BCUT2D eigenvalue weighted by Gasteiger charge is -2.23. The van der Waals surface area contributed by atoms with Gasteiger partial charge in [-0.05, 0) is 51.3 Å². The van der Waals surface area contributed by atoms with Gasteiger partial charge < -0.3 is 22.8 Å². The van der Waals surface area contributed by atoms with E-state index in [1.54, 1.807) is 45.9 Å². The molecule has 0 aromatic heterocycles. The van der Waals surface area contributed by atoms with Gasteiger partial charge in [-0.1, -0.05) is 12.1 Å². The van der Waals surface area contributed by atoms with Crippen molar-refractivity contribution in [1.29, 1.82) is 0 Å². The molecular weight excluding hydrogens is 418 g/mol. The van der Waals surface area contributed by atoms with Crippen molar-refractivity contribution in [1.82, 2.24) is 0 Å². The SMILES string of the molecule is CCOP(=O)(Cc1ccc(CCC(=O)OC)cc1P(=O)(OCC)OCC)OCC. The average Bonchev–Trinajstić information content (AvgIpc) is 2.67. The van der Waals surface area contributed by atoms with Gasteiger partial charge in [0.2, 0.25) is 0 Å². The molecule has 0 amide bonds. The molecule has 1 aromatic rings. The maximum absolute atomic E-state index is 13.5. The van der Waals surface area contributed by atoms with Crippen LogP contribution in [0.5, 0.6) is 0 Å². The number of carbonyl (C=O) groups excluding carboxylic acids is 1. The third-order valence-electron chi connectivity index (χ3n) is 3.90. The second-order valence-corrected chi connectivity index (χ2v) is 10.0. The lowest BCUT2D eigenvalue weighted by molar-refractivity contribution is -0.140. The van der Waals surface area contributed by atoms with Gasteiger partial charge in [0.15, 0.2) is 0 Å². The van der Waals surface area contributed by atoms with Gasteiger partial charge in [0.25, 0.3) is 0 Å². The smallest absolute Gasteiger partial charge is 0.361 e. The monoisotopic (exact) mass is 450 g/mol. The Hall–Kier alpha value is -1.01. The van der Waals surface area contributed by atoms with Gasteiger partial charge in [-0.25, -0.2) is 0 Å². The minimum absolute atomic E-state index is 0.0641. The summed E-state index contributed by atoms with van der Waals surface area (Å²) in [4.78, 5) is 11.5. The van der Waals surface area contributed by atoms with Crippen LogP contribution in [-0.4, -0.2) is 39.5 Å². The third-order valence-corrected chi connectivity index (χ3v) is 8.14. The van der Waals surface area contributed by atoms with Crippen LogP contribution in [0.1, 0.15) is 45.2 Å². The highest BCUT2D eigenvalue weighted by molar-refractivity contribution is 7.62. The average molecular weight is 450 g/mol. The van der Waals surface area contributed by atoms with Crippen molar-refractivity contribution in [3.63, 3.8) is 0 Å². The van der Waals surface area contributed by atoms with Crippen LogP contribution in [0.4, 0.5) is 0 Å². The normalized spacial score (nSPS) is 12.2. The minimum atomic E-state index is -3.66. The Labute approximate surface area is 173 Å². The molecule has 0 N–H and O–H groups in total. The summed E-state index contributed by atoms with van der Waals surface area (Å²) < 4.78 is 53.0. The molecule has 8 nitrogen and oxygen atoms in total. The van der Waals surface area contributed by atoms with Gasteiger partial charge in [0, 0.05) is 6.42 Å². The fourth-order valence-electron chi connectivity index (χ4n) is 2.75. The molecule has 0 aliphatic heterocycles. The third kappa shape index (κ3) is 7.97. The number of rotatable bonds is 14. The first kappa shape index (κ1) is 26.0. The highest BCUT2D eigenvalue weighted by atomic mass is 31.2. The van der Waals surface area contributed by atoms with Gasteiger partial charge >= 0.3 is 21.2 Å². The molecular formula is C19H32O8P2. The van der Waals surface area contributed by atoms with Crippen LogP contribution in [0.25, 0.3) is 0 Å². The maximum Gasteiger partial charge on any atom is 0.361 e. The molecule has 0 saturated heterocycles. The zero-order valence-corrected chi connectivity index (χ0v) is 19.6. The molecule has 0 atom stereocenters. The van der Waals surface area contributed by atoms with Crippen LogP contribution in [0, 0.1) is 0 Å². The Morgan fingerprint density at radius 2 is 1.45 bits per heavy atom. The van der Waals surface area contributed by atoms with E-state index in [0.29, 0.717) is 17.3 Å². The Balaban J connectivity index is 3.40. The van der Waals surface area contributed by atoms with Crippen molar-refractivity contribution in [2.45, 2.75) is 46.7 Å². The lowest BCUT2D eigenvalue weighted by atomic mass is 10.1. The van der Waals surface area contributed by atoms with E-state index >= 15 is 0 Å². The van der Waals surface area contributed by atoms with Crippen LogP contribution >= 0.6 is 15.2 Å². The fraction of sp³-hybridized carbons (Fsp3) is 0.632. The van der Waals surface area contributed by atoms with Crippen LogP contribution in [0.15, 0.2) is 18.2 Å². The molecule has 0 fully saturated rings. The van der Waals surface area contributed by atoms with Gasteiger partial charge in [-0.3, -0.25) is 13.9 Å². The number of hydrogen-bond acceptors (Lipinski definition) is 8. The van der Waals surface area contributed by atoms with E-state index < -0.39 is 15.2 Å². The van der Waals surface area contributed by atoms with Crippen LogP contribution in [0.3, 0.4) is 0 Å². The maximum atomic E-state index is 13.5. The van der Waals surface area contributed by atoms with Gasteiger partial charge in [-0.15, -0.1) is 0 Å². The summed E-state index contributed by atoms with van der Waals surface area (Å²) in [5.41, 5.74) is 1.26. The molecule has 0 aliphatic carbocycles. The number of benzene rings is 1. The molecule has 0 saturated carbocycles. The first-order chi connectivity index (χ1) is 13.8. The van der Waals surface area contributed by atoms with Crippen LogP contribution in [-0.2, 0) is 49.3 Å². The van der Waals surface area contributed by atoms with E-state index in [2.05, 4.69) is 4.74 Å². The van der Waals surface area contributed by atoms with Crippen molar-refractivity contribution < 1.29 is 36.8 Å². The molecule has 0 unspecified atom stereocenters. The van der Waals surface area contributed by atoms with E-state index in [9.17, 15) is 13.9 Å².